The second-order valence-corrected chi connectivity index (χ2v) is 17.1. The van der Waals surface area contributed by atoms with E-state index in [1.54, 1.807) is 11.3 Å². The van der Waals surface area contributed by atoms with Crippen molar-refractivity contribution in [1.82, 2.24) is 39.7 Å². The lowest BCUT2D eigenvalue weighted by Crippen LogP contribution is -2.01. The highest BCUT2D eigenvalue weighted by molar-refractivity contribution is 7.15. The van der Waals surface area contributed by atoms with Gasteiger partial charge < -0.3 is 5.32 Å². The summed E-state index contributed by atoms with van der Waals surface area (Å²) in [4.78, 5) is 27.6. The molecule has 5 aromatic rings. The minimum atomic E-state index is 0. The van der Waals surface area contributed by atoms with Crippen molar-refractivity contribution in [2.75, 3.05) is 12.4 Å². The molecule has 0 unspecified atom stereocenters. The molecular formula is C48H81N9S. The van der Waals surface area contributed by atoms with Crippen LogP contribution in [-0.2, 0) is 26.3 Å². The van der Waals surface area contributed by atoms with Crippen molar-refractivity contribution < 1.29 is 0 Å². The minimum Gasteiger partial charge on any atom is -0.365 e. The van der Waals surface area contributed by atoms with E-state index in [-0.39, 0.29) is 7.43 Å². The van der Waals surface area contributed by atoms with Crippen molar-refractivity contribution >= 4 is 16.5 Å². The molecule has 0 amide bonds. The van der Waals surface area contributed by atoms with E-state index in [0.29, 0.717) is 29.6 Å². The average Bonchev–Trinajstić information content (AvgIpc) is 3.71. The molecule has 1 N–H and O–H groups in total. The molecule has 0 spiro atoms. The SMILES string of the molecule is C.CCc1cc(C(C)C)cc(C)n1.CCc1cc(C(C)C)nc(C)n1.CCc1nc(C)cc(C(C)C)n1.CNc1nc(C)c(C(C)C)s1.Cc1nn(C)cc1C(C)C. The Bertz CT molecular complexity index is 1760. The van der Waals surface area contributed by atoms with Gasteiger partial charge in [0.1, 0.15) is 11.6 Å². The van der Waals surface area contributed by atoms with E-state index in [9.17, 15) is 0 Å². The van der Waals surface area contributed by atoms with Crippen LogP contribution in [0.5, 0.6) is 0 Å². The number of nitrogens with one attached hydrogen (secondary N) is 1. The van der Waals surface area contributed by atoms with Gasteiger partial charge in [0, 0.05) is 65.8 Å². The first-order chi connectivity index (χ1) is 26.6. The standard InChI is InChI=1S/C11H17N.2C10H16N2.C8H14N2S.C8H14N2.CH4/c1-5-11-7-10(8(2)3)6-9(4)12-11;1-5-9-6-10(7(2)3)12-8(4)11-9;1-5-10-11-8(4)6-9(12-10)7(2)3;1-5(2)7-6(3)10-8(9-4)11-7;1-6(2)8-5-10(4)9-7(8)3;/h6-8H,5H2,1-4H3;2*6-7H,5H2,1-4H3;5H,1-4H3,(H,9,10);5-6H,1-4H3;1H4. The van der Waals surface area contributed by atoms with Crippen molar-refractivity contribution in [3.05, 3.63) is 104 Å². The van der Waals surface area contributed by atoms with Crippen LogP contribution in [0.15, 0.2) is 30.5 Å². The Kier molecular flexibility index (Phi) is 25.0. The molecule has 324 valence electrons. The lowest BCUT2D eigenvalue weighted by molar-refractivity contribution is 0.756. The fourth-order valence-corrected chi connectivity index (χ4v) is 6.68. The molecule has 0 aliphatic carbocycles. The smallest absolute Gasteiger partial charge is 0.182 e. The third-order valence-corrected chi connectivity index (χ3v) is 10.5. The summed E-state index contributed by atoms with van der Waals surface area (Å²) in [7, 11) is 3.86. The van der Waals surface area contributed by atoms with Gasteiger partial charge in [-0.3, -0.25) is 9.67 Å². The van der Waals surface area contributed by atoms with E-state index < -0.39 is 0 Å². The number of hydrogen-bond donors (Lipinski definition) is 1. The van der Waals surface area contributed by atoms with Crippen LogP contribution in [0.25, 0.3) is 0 Å². The minimum absolute atomic E-state index is 0. The zero-order valence-electron chi connectivity index (χ0n) is 39.4. The number of hydrogen-bond acceptors (Lipinski definition) is 9. The molecule has 0 saturated carbocycles. The number of thiazole rings is 1. The summed E-state index contributed by atoms with van der Waals surface area (Å²) in [6, 6.07) is 8.53. The number of anilines is 1. The van der Waals surface area contributed by atoms with E-state index >= 15 is 0 Å². The lowest BCUT2D eigenvalue weighted by Gasteiger charge is -2.07. The van der Waals surface area contributed by atoms with Gasteiger partial charge in [0.2, 0.25) is 0 Å². The largest absolute Gasteiger partial charge is 0.365 e. The molecule has 5 aromatic heterocycles. The van der Waals surface area contributed by atoms with Crippen molar-refractivity contribution in [3.63, 3.8) is 0 Å². The number of pyridine rings is 1. The number of aryl methyl sites for hydroxylation is 9. The van der Waals surface area contributed by atoms with Crippen LogP contribution >= 0.6 is 11.3 Å². The first-order valence-electron chi connectivity index (χ1n) is 21.0. The Morgan fingerprint density at radius 2 is 1.14 bits per heavy atom. The van der Waals surface area contributed by atoms with E-state index in [1.807, 2.05) is 32.6 Å². The molecular weight excluding hydrogens is 735 g/mol. The summed E-state index contributed by atoms with van der Waals surface area (Å²) in [5.41, 5.74) is 11.9. The second kappa shape index (κ2) is 26.9. The van der Waals surface area contributed by atoms with Gasteiger partial charge in [-0.1, -0.05) is 97.4 Å². The normalized spacial score (nSPS) is 10.6. The highest BCUT2D eigenvalue weighted by Crippen LogP contribution is 2.28. The monoisotopic (exact) mass is 816 g/mol. The summed E-state index contributed by atoms with van der Waals surface area (Å²) in [5, 5.41) is 8.32. The molecule has 0 fully saturated rings. The molecule has 0 aliphatic rings. The molecule has 10 heteroatoms. The Balaban J connectivity index is 0.000000698. The van der Waals surface area contributed by atoms with Gasteiger partial charge >= 0.3 is 0 Å². The molecule has 9 nitrogen and oxygen atoms in total. The molecule has 0 aliphatic heterocycles. The molecule has 5 heterocycles. The van der Waals surface area contributed by atoms with Gasteiger partial charge in [-0.2, -0.15) is 5.10 Å². The van der Waals surface area contributed by atoms with Crippen LogP contribution in [-0.4, -0.2) is 46.7 Å². The average molecular weight is 816 g/mol. The zero-order valence-corrected chi connectivity index (χ0v) is 40.2. The van der Waals surface area contributed by atoms with E-state index in [0.717, 1.165) is 75.9 Å². The van der Waals surface area contributed by atoms with Crippen LogP contribution in [0, 0.1) is 34.6 Å². The maximum Gasteiger partial charge on any atom is 0.182 e. The van der Waals surface area contributed by atoms with Gasteiger partial charge in [-0.05, 0) is 112 Å². The Morgan fingerprint density at radius 1 is 0.586 bits per heavy atom. The van der Waals surface area contributed by atoms with Crippen LogP contribution in [0.3, 0.4) is 0 Å². The summed E-state index contributed by atoms with van der Waals surface area (Å²) in [6.45, 7) is 38.3. The third-order valence-electron chi connectivity index (χ3n) is 8.99. The van der Waals surface area contributed by atoms with Gasteiger partial charge in [-0.25, -0.2) is 24.9 Å². The van der Waals surface area contributed by atoms with E-state index in [1.165, 1.54) is 21.7 Å². The number of nitrogens with zero attached hydrogens (tertiary/aromatic N) is 8. The third kappa shape index (κ3) is 19.1. The van der Waals surface area contributed by atoms with Crippen LogP contribution in [0.2, 0.25) is 0 Å². The number of aromatic nitrogens is 8. The predicted octanol–water partition coefficient (Wildman–Crippen LogP) is 13.1. The van der Waals surface area contributed by atoms with Crippen molar-refractivity contribution in [2.24, 2.45) is 7.05 Å². The molecule has 58 heavy (non-hydrogen) atoms. The molecule has 0 saturated heterocycles. The topological polar surface area (TPSA) is 107 Å². The highest BCUT2D eigenvalue weighted by Gasteiger charge is 2.09. The molecule has 0 aromatic carbocycles. The predicted molar refractivity (Wildman–Crippen MR) is 252 cm³/mol. The fraction of sp³-hybridized carbons (Fsp3) is 0.604. The molecule has 0 atom stereocenters. The molecule has 5 rings (SSSR count). The number of rotatable bonds is 9. The Labute approximate surface area is 358 Å². The lowest BCUT2D eigenvalue weighted by atomic mass is 10.0. The molecule has 0 radical (unpaired) electrons. The maximum atomic E-state index is 4.44. The van der Waals surface area contributed by atoms with E-state index in [4.69, 9.17) is 0 Å². The first kappa shape index (κ1) is 53.9. The Hall–Kier alpha value is -4.05. The first-order valence-corrected chi connectivity index (χ1v) is 21.8. The van der Waals surface area contributed by atoms with Gasteiger partial charge in [-0.15, -0.1) is 11.3 Å². The van der Waals surface area contributed by atoms with Gasteiger partial charge in [0.15, 0.2) is 5.13 Å². The van der Waals surface area contributed by atoms with Gasteiger partial charge in [0.25, 0.3) is 0 Å². The maximum absolute atomic E-state index is 4.44. The highest BCUT2D eigenvalue weighted by atomic mass is 32.1. The molecule has 0 bridgehead atoms. The van der Waals surface area contributed by atoms with Crippen LogP contribution < -0.4 is 5.32 Å². The summed E-state index contributed by atoms with van der Waals surface area (Å²) < 4.78 is 1.87. The van der Waals surface area contributed by atoms with Crippen molar-refractivity contribution in [1.29, 1.82) is 0 Å². The quantitative estimate of drug-likeness (QED) is 0.157. The summed E-state index contributed by atoms with van der Waals surface area (Å²) >= 11 is 1.75. The van der Waals surface area contributed by atoms with E-state index in [2.05, 4.69) is 182 Å². The van der Waals surface area contributed by atoms with Crippen molar-refractivity contribution in [2.45, 2.75) is 181 Å². The van der Waals surface area contributed by atoms with Gasteiger partial charge in [0.05, 0.1) is 11.4 Å². The Morgan fingerprint density at radius 3 is 1.53 bits per heavy atom. The summed E-state index contributed by atoms with van der Waals surface area (Å²) in [6.07, 6.45) is 5.02. The zero-order chi connectivity index (χ0) is 43.6. The fourth-order valence-electron chi connectivity index (χ4n) is 5.76. The summed E-state index contributed by atoms with van der Waals surface area (Å²) in [5.74, 6) is 4.63. The second-order valence-electron chi connectivity index (χ2n) is 16.1. The van der Waals surface area contributed by atoms with Crippen molar-refractivity contribution in [3.8, 4) is 0 Å². The van der Waals surface area contributed by atoms with Crippen LogP contribution in [0.4, 0.5) is 5.13 Å². The van der Waals surface area contributed by atoms with Crippen LogP contribution in [0.1, 0.15) is 200 Å².